The van der Waals surface area contributed by atoms with Gasteiger partial charge in [-0.15, -0.1) is 11.3 Å². The summed E-state index contributed by atoms with van der Waals surface area (Å²) >= 11 is 1.56. The maximum Gasteiger partial charge on any atom is 0.231 e. The second kappa shape index (κ2) is 6.05. The number of nitrogens with zero attached hydrogens (tertiary/aromatic N) is 1. The number of rotatable bonds is 4. The Hall–Kier alpha value is -2.73. The summed E-state index contributed by atoms with van der Waals surface area (Å²) in [6.45, 7) is 0.266. The average Bonchev–Trinajstić information content (AvgIpc) is 3.29. The van der Waals surface area contributed by atoms with Crippen LogP contribution in [0.2, 0.25) is 0 Å². The Kier molecular flexibility index (Phi) is 3.74. The number of para-hydroxylation sites is 1. The summed E-state index contributed by atoms with van der Waals surface area (Å²) in [6.07, 6.45) is 0. The lowest BCUT2D eigenvalue weighted by molar-refractivity contribution is 0.174. The van der Waals surface area contributed by atoms with E-state index in [0.717, 1.165) is 33.3 Å². The van der Waals surface area contributed by atoms with E-state index in [4.69, 9.17) is 23.9 Å². The third-order valence-electron chi connectivity index (χ3n) is 3.81. The van der Waals surface area contributed by atoms with Gasteiger partial charge >= 0.3 is 0 Å². The fourth-order valence-electron chi connectivity index (χ4n) is 2.64. The van der Waals surface area contributed by atoms with Crippen molar-refractivity contribution >= 4 is 11.3 Å². The number of fused-ring (bicyclic) bond motifs is 1. The van der Waals surface area contributed by atoms with Gasteiger partial charge in [-0.3, -0.25) is 0 Å². The Morgan fingerprint density at radius 3 is 2.75 bits per heavy atom. The number of aromatic nitrogens is 1. The Bertz CT molecular complexity index is 890. The summed E-state index contributed by atoms with van der Waals surface area (Å²) < 4.78 is 21.6. The largest absolute Gasteiger partial charge is 0.493 e. The minimum Gasteiger partial charge on any atom is -0.493 e. The van der Waals surface area contributed by atoms with Crippen LogP contribution in [0.5, 0.6) is 23.0 Å². The van der Waals surface area contributed by atoms with E-state index in [-0.39, 0.29) is 6.79 Å². The predicted octanol–water partition coefficient (Wildman–Crippen LogP) is 4.22. The summed E-state index contributed by atoms with van der Waals surface area (Å²) in [7, 11) is 3.26. The molecule has 3 aromatic rings. The molecule has 2 heterocycles. The van der Waals surface area contributed by atoms with Crippen molar-refractivity contribution in [3.8, 4) is 44.8 Å². The van der Waals surface area contributed by atoms with Crippen LogP contribution in [0.4, 0.5) is 0 Å². The molecule has 0 amide bonds. The van der Waals surface area contributed by atoms with Crippen LogP contribution in [-0.4, -0.2) is 26.0 Å². The summed E-state index contributed by atoms with van der Waals surface area (Å²) in [6, 6.07) is 11.6. The van der Waals surface area contributed by atoms with Crippen molar-refractivity contribution in [3.63, 3.8) is 0 Å². The third-order valence-corrected chi connectivity index (χ3v) is 4.68. The number of hydrogen-bond donors (Lipinski definition) is 0. The summed E-state index contributed by atoms with van der Waals surface area (Å²) in [5, 5.41) is 2.89. The topological polar surface area (TPSA) is 49.8 Å². The predicted molar refractivity (Wildman–Crippen MR) is 92.2 cm³/mol. The van der Waals surface area contributed by atoms with Crippen molar-refractivity contribution in [2.75, 3.05) is 21.0 Å². The van der Waals surface area contributed by atoms with E-state index < -0.39 is 0 Å². The molecule has 0 bridgehead atoms. The molecule has 0 saturated carbocycles. The van der Waals surface area contributed by atoms with E-state index in [1.165, 1.54) is 0 Å². The van der Waals surface area contributed by atoms with Gasteiger partial charge < -0.3 is 18.9 Å². The Balaban J connectivity index is 1.73. The number of thiazole rings is 1. The Morgan fingerprint density at radius 2 is 1.92 bits per heavy atom. The first-order valence-corrected chi connectivity index (χ1v) is 8.25. The molecule has 0 radical (unpaired) electrons. The van der Waals surface area contributed by atoms with Crippen molar-refractivity contribution < 1.29 is 18.9 Å². The second-order valence-corrected chi connectivity index (χ2v) is 6.01. The van der Waals surface area contributed by atoms with Crippen LogP contribution in [0.3, 0.4) is 0 Å². The monoisotopic (exact) mass is 341 g/mol. The van der Waals surface area contributed by atoms with E-state index in [1.54, 1.807) is 25.6 Å². The smallest absolute Gasteiger partial charge is 0.231 e. The average molecular weight is 341 g/mol. The molecule has 0 aliphatic carbocycles. The van der Waals surface area contributed by atoms with E-state index in [1.807, 2.05) is 41.8 Å². The number of methoxy groups -OCH3 is 2. The molecule has 122 valence electrons. The fraction of sp³-hybridized carbons (Fsp3) is 0.167. The maximum atomic E-state index is 5.50. The van der Waals surface area contributed by atoms with E-state index in [2.05, 4.69) is 0 Å². The van der Waals surface area contributed by atoms with Gasteiger partial charge in [0, 0.05) is 10.9 Å². The lowest BCUT2D eigenvalue weighted by Crippen LogP contribution is -1.93. The number of hydrogen-bond acceptors (Lipinski definition) is 6. The van der Waals surface area contributed by atoms with Gasteiger partial charge in [0.05, 0.1) is 25.5 Å². The standard InChI is InChI=1S/C18H15NO4S/c1-20-15-5-3-4-12(17(15)21-2)18-19-13(9-24-18)11-6-7-14-16(8-11)23-10-22-14/h3-9H,10H2,1-2H3. The van der Waals surface area contributed by atoms with Gasteiger partial charge in [-0.05, 0) is 30.3 Å². The number of ether oxygens (including phenoxy) is 4. The van der Waals surface area contributed by atoms with Gasteiger partial charge in [0.15, 0.2) is 23.0 Å². The minimum atomic E-state index is 0.266. The van der Waals surface area contributed by atoms with Gasteiger partial charge in [0.1, 0.15) is 5.01 Å². The van der Waals surface area contributed by atoms with Gasteiger partial charge in [-0.2, -0.15) is 0 Å². The highest BCUT2D eigenvalue weighted by molar-refractivity contribution is 7.13. The van der Waals surface area contributed by atoms with Crippen LogP contribution in [0, 0.1) is 0 Å². The summed E-state index contributed by atoms with van der Waals surface area (Å²) in [5.74, 6) is 2.89. The molecule has 5 nitrogen and oxygen atoms in total. The van der Waals surface area contributed by atoms with Crippen LogP contribution in [0.25, 0.3) is 21.8 Å². The highest BCUT2D eigenvalue weighted by Crippen LogP contribution is 2.41. The van der Waals surface area contributed by atoms with E-state index >= 15 is 0 Å². The normalized spacial score (nSPS) is 12.2. The van der Waals surface area contributed by atoms with Crippen molar-refractivity contribution in [1.82, 2.24) is 4.98 Å². The Morgan fingerprint density at radius 1 is 1.04 bits per heavy atom. The molecule has 0 fully saturated rings. The second-order valence-electron chi connectivity index (χ2n) is 5.15. The molecule has 1 aliphatic rings. The third kappa shape index (κ3) is 2.45. The molecular weight excluding hydrogens is 326 g/mol. The summed E-state index contributed by atoms with van der Waals surface area (Å²) in [4.78, 5) is 4.75. The lowest BCUT2D eigenvalue weighted by atomic mass is 10.1. The molecule has 0 atom stereocenters. The van der Waals surface area contributed by atoms with E-state index in [0.29, 0.717) is 11.5 Å². The quantitative estimate of drug-likeness (QED) is 0.711. The van der Waals surface area contributed by atoms with E-state index in [9.17, 15) is 0 Å². The molecule has 1 aromatic heterocycles. The fourth-order valence-corrected chi connectivity index (χ4v) is 3.49. The van der Waals surface area contributed by atoms with Crippen LogP contribution in [0.15, 0.2) is 41.8 Å². The SMILES string of the molecule is COc1cccc(-c2nc(-c3ccc4c(c3)OCO4)cs2)c1OC. The number of benzene rings is 2. The van der Waals surface area contributed by atoms with Crippen LogP contribution in [-0.2, 0) is 0 Å². The van der Waals surface area contributed by atoms with Gasteiger partial charge in [-0.1, -0.05) is 6.07 Å². The molecule has 0 N–H and O–H groups in total. The molecular formula is C18H15NO4S. The first-order chi connectivity index (χ1) is 11.8. The zero-order valence-electron chi connectivity index (χ0n) is 13.2. The molecule has 4 rings (SSSR count). The van der Waals surface area contributed by atoms with Crippen LogP contribution < -0.4 is 18.9 Å². The molecule has 2 aromatic carbocycles. The zero-order valence-corrected chi connectivity index (χ0v) is 14.1. The lowest BCUT2D eigenvalue weighted by Gasteiger charge is -2.10. The first-order valence-electron chi connectivity index (χ1n) is 7.37. The van der Waals surface area contributed by atoms with Crippen molar-refractivity contribution in [3.05, 3.63) is 41.8 Å². The molecule has 0 unspecified atom stereocenters. The van der Waals surface area contributed by atoms with Gasteiger partial charge in [0.25, 0.3) is 0 Å². The highest BCUT2D eigenvalue weighted by Gasteiger charge is 2.17. The van der Waals surface area contributed by atoms with Gasteiger partial charge in [-0.25, -0.2) is 4.98 Å². The summed E-state index contributed by atoms with van der Waals surface area (Å²) in [5.41, 5.74) is 2.79. The molecule has 0 saturated heterocycles. The minimum absolute atomic E-state index is 0.266. The molecule has 0 spiro atoms. The zero-order chi connectivity index (χ0) is 16.5. The molecule has 24 heavy (non-hydrogen) atoms. The highest BCUT2D eigenvalue weighted by atomic mass is 32.1. The molecule has 6 heteroatoms. The van der Waals surface area contributed by atoms with Gasteiger partial charge in [0.2, 0.25) is 6.79 Å². The van der Waals surface area contributed by atoms with Crippen molar-refractivity contribution in [2.24, 2.45) is 0 Å². The maximum absolute atomic E-state index is 5.50. The van der Waals surface area contributed by atoms with Crippen LogP contribution in [0.1, 0.15) is 0 Å². The Labute approximate surface area is 143 Å². The van der Waals surface area contributed by atoms with Crippen molar-refractivity contribution in [2.45, 2.75) is 0 Å². The molecule has 1 aliphatic heterocycles. The van der Waals surface area contributed by atoms with Crippen molar-refractivity contribution in [1.29, 1.82) is 0 Å². The first kappa shape index (κ1) is 14.8. The van der Waals surface area contributed by atoms with Crippen LogP contribution >= 0.6 is 11.3 Å².